The average Bonchev–Trinajstić information content (AvgIpc) is 2.79. The van der Waals surface area contributed by atoms with Gasteiger partial charge in [-0.15, -0.1) is 0 Å². The molecule has 0 radical (unpaired) electrons. The third kappa shape index (κ3) is 3.16. The summed E-state index contributed by atoms with van der Waals surface area (Å²) >= 11 is 0. The van der Waals surface area contributed by atoms with Crippen molar-refractivity contribution in [3.05, 3.63) is 104 Å². The van der Waals surface area contributed by atoms with E-state index in [9.17, 15) is 0 Å². The number of benzene rings is 3. The van der Waals surface area contributed by atoms with Crippen LogP contribution in [-0.4, -0.2) is 6.21 Å². The van der Waals surface area contributed by atoms with Gasteiger partial charge in [0.2, 0.25) is 0 Å². The lowest BCUT2D eigenvalue weighted by atomic mass is 9.89. The molecule has 3 aromatic rings. The lowest BCUT2D eigenvalue weighted by Crippen LogP contribution is -2.19. The van der Waals surface area contributed by atoms with Gasteiger partial charge in [0.05, 0.1) is 12.8 Å². The summed E-state index contributed by atoms with van der Waals surface area (Å²) in [5, 5.41) is 9.69. The Kier molecular flexibility index (Phi) is 4.54. The van der Waals surface area contributed by atoms with Gasteiger partial charge in [-0.25, -0.2) is 0 Å². The predicted octanol–water partition coefficient (Wildman–Crippen LogP) is 3.55. The van der Waals surface area contributed by atoms with Gasteiger partial charge in [0, 0.05) is 0 Å². The van der Waals surface area contributed by atoms with E-state index in [2.05, 4.69) is 71.2 Å². The lowest BCUT2D eigenvalue weighted by Gasteiger charge is -2.16. The molecule has 0 saturated carbocycles. The number of hydrazone groups is 1. The smallest absolute Gasteiger partial charge is 0.0586 e. The minimum absolute atomic E-state index is 0.854. The van der Waals surface area contributed by atoms with Gasteiger partial charge in [-0.2, -0.15) is 5.10 Å². The van der Waals surface area contributed by atoms with Crippen molar-refractivity contribution in [2.45, 2.75) is 32.2 Å². The summed E-state index contributed by atoms with van der Waals surface area (Å²) in [6, 6.07) is 21.6. The standard InChI is InChI=1S/C18H16.C8H8N2/c1-3-7-15-13(5-1)9-11-18-16-8-4-2-6-14(16)10-12-17(15)18;1-2-4-8-6-10-9-5-7(8)3-1/h1,3,5-7,9-10,12H,2,4,8,11H2;1-5,10H,6H2. The van der Waals surface area contributed by atoms with E-state index in [1.165, 1.54) is 51.3 Å². The van der Waals surface area contributed by atoms with Crippen LogP contribution < -0.4 is 15.9 Å². The zero-order chi connectivity index (χ0) is 18.8. The van der Waals surface area contributed by atoms with Crippen LogP contribution in [0.2, 0.25) is 0 Å². The zero-order valence-electron chi connectivity index (χ0n) is 16.0. The van der Waals surface area contributed by atoms with E-state index in [4.69, 9.17) is 0 Å². The molecule has 6 rings (SSSR count). The molecule has 2 heteroatoms. The van der Waals surface area contributed by atoms with E-state index >= 15 is 0 Å². The van der Waals surface area contributed by atoms with Crippen molar-refractivity contribution < 1.29 is 0 Å². The molecule has 2 nitrogen and oxygen atoms in total. The topological polar surface area (TPSA) is 24.4 Å². The van der Waals surface area contributed by atoms with Crippen molar-refractivity contribution in [2.75, 3.05) is 0 Å². The molecule has 3 aliphatic rings. The highest BCUT2D eigenvalue weighted by molar-refractivity contribution is 5.82. The molecular weight excluding hydrogens is 340 g/mol. The van der Waals surface area contributed by atoms with E-state index in [1.807, 2.05) is 18.3 Å². The van der Waals surface area contributed by atoms with E-state index in [-0.39, 0.29) is 0 Å². The fourth-order valence-electron chi connectivity index (χ4n) is 4.42. The molecule has 1 N–H and O–H groups in total. The van der Waals surface area contributed by atoms with Crippen LogP contribution in [0.5, 0.6) is 0 Å². The Labute approximate surface area is 165 Å². The second kappa shape index (κ2) is 7.47. The van der Waals surface area contributed by atoms with Crippen LogP contribution in [0.1, 0.15) is 35.1 Å². The van der Waals surface area contributed by atoms with Gasteiger partial charge in [0.15, 0.2) is 0 Å². The molecule has 1 heterocycles. The first-order valence-corrected chi connectivity index (χ1v) is 10.1. The Balaban J connectivity index is 0.000000145. The van der Waals surface area contributed by atoms with Crippen LogP contribution >= 0.6 is 0 Å². The van der Waals surface area contributed by atoms with Gasteiger partial charge < -0.3 is 5.43 Å². The summed E-state index contributed by atoms with van der Waals surface area (Å²) < 4.78 is 0. The summed E-state index contributed by atoms with van der Waals surface area (Å²) in [7, 11) is 0. The Morgan fingerprint density at radius 3 is 2.61 bits per heavy atom. The molecule has 1 aliphatic heterocycles. The van der Waals surface area contributed by atoms with Gasteiger partial charge in [0.25, 0.3) is 0 Å². The van der Waals surface area contributed by atoms with Gasteiger partial charge >= 0.3 is 0 Å². The van der Waals surface area contributed by atoms with Crippen LogP contribution in [0.3, 0.4) is 0 Å². The Bertz CT molecular complexity index is 1270. The van der Waals surface area contributed by atoms with Gasteiger partial charge in [-0.1, -0.05) is 72.8 Å². The normalized spacial score (nSPS) is 15.1. The van der Waals surface area contributed by atoms with Crippen molar-refractivity contribution >= 4 is 18.4 Å². The summed E-state index contributed by atoms with van der Waals surface area (Å²) in [6.07, 6.45) is 11.5. The molecule has 2 aliphatic carbocycles. The monoisotopic (exact) mass is 364 g/mol. The maximum absolute atomic E-state index is 3.94. The first kappa shape index (κ1) is 17.0. The molecule has 0 amide bonds. The minimum Gasteiger partial charge on any atom is -0.306 e. The van der Waals surface area contributed by atoms with Crippen molar-refractivity contribution in [3.63, 3.8) is 0 Å². The summed E-state index contributed by atoms with van der Waals surface area (Å²) in [4.78, 5) is 0. The van der Waals surface area contributed by atoms with Crippen molar-refractivity contribution in [3.8, 4) is 0 Å². The number of nitrogens with zero attached hydrogens (tertiary/aromatic N) is 1. The summed E-state index contributed by atoms with van der Waals surface area (Å²) in [5.74, 6) is 0. The average molecular weight is 364 g/mol. The van der Waals surface area contributed by atoms with Crippen molar-refractivity contribution in [1.82, 2.24) is 5.43 Å². The lowest BCUT2D eigenvalue weighted by molar-refractivity contribution is 0.735. The number of fused-ring (bicyclic) bond motifs is 5. The second-order valence-corrected chi connectivity index (χ2v) is 7.54. The first-order chi connectivity index (χ1) is 13.9. The van der Waals surface area contributed by atoms with Gasteiger partial charge in [-0.05, 0) is 68.8 Å². The van der Waals surface area contributed by atoms with E-state index in [0.29, 0.717) is 0 Å². The number of hydrogen-bond acceptors (Lipinski definition) is 2. The maximum Gasteiger partial charge on any atom is 0.0586 e. The van der Waals surface area contributed by atoms with Gasteiger partial charge in [0.1, 0.15) is 0 Å². The Morgan fingerprint density at radius 1 is 0.750 bits per heavy atom. The van der Waals surface area contributed by atoms with Crippen LogP contribution in [0.4, 0.5) is 0 Å². The zero-order valence-corrected chi connectivity index (χ0v) is 16.0. The van der Waals surface area contributed by atoms with Crippen molar-refractivity contribution in [1.29, 1.82) is 0 Å². The fourth-order valence-corrected chi connectivity index (χ4v) is 4.42. The highest BCUT2D eigenvalue weighted by Crippen LogP contribution is 2.17. The third-order valence-corrected chi connectivity index (χ3v) is 5.86. The number of nitrogens with one attached hydrogen (secondary N) is 1. The molecule has 0 atom stereocenters. The number of rotatable bonds is 0. The van der Waals surface area contributed by atoms with E-state index < -0.39 is 0 Å². The molecule has 138 valence electrons. The Morgan fingerprint density at radius 2 is 1.64 bits per heavy atom. The van der Waals surface area contributed by atoms with Crippen LogP contribution in [0, 0.1) is 10.4 Å². The highest BCUT2D eigenvalue weighted by atomic mass is 15.3. The predicted molar refractivity (Wildman–Crippen MR) is 116 cm³/mol. The second-order valence-electron chi connectivity index (χ2n) is 7.54. The van der Waals surface area contributed by atoms with E-state index in [0.717, 1.165) is 13.0 Å². The molecule has 0 bridgehead atoms. The SMILES string of the molecule is C1=NNCc2ccccc21.C1=c2ccc3c(c2CCC1)CC=c1ccccc1=3. The molecule has 28 heavy (non-hydrogen) atoms. The summed E-state index contributed by atoms with van der Waals surface area (Å²) in [5.41, 5.74) is 8.62. The molecular formula is C26H24N2. The van der Waals surface area contributed by atoms with Gasteiger partial charge in [-0.3, -0.25) is 0 Å². The molecule has 3 aromatic carbocycles. The highest BCUT2D eigenvalue weighted by Gasteiger charge is 2.10. The van der Waals surface area contributed by atoms with Crippen LogP contribution in [0.15, 0.2) is 65.8 Å². The third-order valence-electron chi connectivity index (χ3n) is 5.86. The number of hydrogen-bond donors (Lipinski definition) is 1. The minimum atomic E-state index is 0.854. The van der Waals surface area contributed by atoms with E-state index in [1.54, 1.807) is 11.1 Å². The van der Waals surface area contributed by atoms with Crippen molar-refractivity contribution in [2.24, 2.45) is 5.10 Å². The fraction of sp³-hybridized carbons (Fsp3) is 0.192. The molecule has 0 saturated heterocycles. The first-order valence-electron chi connectivity index (χ1n) is 10.1. The molecule has 0 fully saturated rings. The van der Waals surface area contributed by atoms with Crippen LogP contribution in [-0.2, 0) is 19.4 Å². The largest absolute Gasteiger partial charge is 0.306 e. The summed E-state index contributed by atoms with van der Waals surface area (Å²) in [6.45, 7) is 0.854. The Hall–Kier alpha value is -3.13. The van der Waals surface area contributed by atoms with Crippen LogP contribution in [0.25, 0.3) is 12.2 Å². The molecule has 0 spiro atoms. The molecule has 0 aromatic heterocycles. The quantitative estimate of drug-likeness (QED) is 0.648. The maximum atomic E-state index is 3.94. The molecule has 0 unspecified atom stereocenters.